The van der Waals surface area contributed by atoms with Gasteiger partial charge in [0, 0.05) is 37.3 Å². The number of hydrogen-bond donors (Lipinski definition) is 1. The molecule has 0 spiro atoms. The molecule has 1 aromatic carbocycles. The van der Waals surface area contributed by atoms with Crippen LogP contribution in [0.25, 0.3) is 21.3 Å². The Morgan fingerprint density at radius 1 is 1.30 bits per heavy atom. The first-order chi connectivity index (χ1) is 14.5. The van der Waals surface area contributed by atoms with Gasteiger partial charge in [0.1, 0.15) is 5.83 Å². The first-order valence-electron chi connectivity index (χ1n) is 9.87. The third kappa shape index (κ3) is 4.66. The monoisotopic (exact) mass is 425 g/mol. The van der Waals surface area contributed by atoms with Crippen LogP contribution in [0.15, 0.2) is 54.6 Å². The normalized spacial score (nSPS) is 16.3. The minimum Gasteiger partial charge on any atom is -0.335 e. The minimum absolute atomic E-state index is 0.0248. The molecule has 8 heteroatoms. The van der Waals surface area contributed by atoms with Crippen LogP contribution in [0.1, 0.15) is 16.2 Å². The van der Waals surface area contributed by atoms with Crippen LogP contribution in [0.2, 0.25) is 0 Å². The fraction of sp³-hybridized carbons (Fsp3) is 0.318. The topological polar surface area (TPSA) is 65.1 Å². The van der Waals surface area contributed by atoms with E-state index in [9.17, 15) is 9.18 Å². The lowest BCUT2D eigenvalue weighted by Crippen LogP contribution is -2.39. The molecule has 2 aromatic heterocycles. The smallest absolute Gasteiger partial charge is 0.282 e. The number of halogens is 1. The second-order valence-electron chi connectivity index (χ2n) is 7.69. The van der Waals surface area contributed by atoms with Crippen molar-refractivity contribution in [1.29, 1.82) is 0 Å². The number of carbonyl (C=O) groups is 1. The van der Waals surface area contributed by atoms with Crippen molar-refractivity contribution in [2.75, 3.05) is 33.7 Å². The van der Waals surface area contributed by atoms with Crippen LogP contribution in [0.4, 0.5) is 4.39 Å². The summed E-state index contributed by atoms with van der Waals surface area (Å²) in [4.78, 5) is 21.7. The van der Waals surface area contributed by atoms with Crippen molar-refractivity contribution in [3.63, 3.8) is 0 Å². The Labute approximate surface area is 178 Å². The molecule has 1 N–H and O–H groups in total. The molecule has 6 nitrogen and oxygen atoms in total. The number of aromatic amines is 1. The molecule has 1 aliphatic carbocycles. The molecule has 0 radical (unpaired) electrons. The highest BCUT2D eigenvalue weighted by molar-refractivity contribution is 7.20. The molecule has 1 amide bonds. The number of allylic oxidation sites excluding steroid dienone is 3. The van der Waals surface area contributed by atoms with Gasteiger partial charge in [0.05, 0.1) is 16.4 Å². The van der Waals surface area contributed by atoms with Gasteiger partial charge in [-0.05, 0) is 50.4 Å². The summed E-state index contributed by atoms with van der Waals surface area (Å²) in [7, 11) is 3.95. The Bertz CT molecular complexity index is 1090. The first kappa shape index (κ1) is 20.4. The van der Waals surface area contributed by atoms with E-state index in [2.05, 4.69) is 15.2 Å². The van der Waals surface area contributed by atoms with Crippen LogP contribution in [-0.2, 0) is 0 Å². The van der Waals surface area contributed by atoms with Gasteiger partial charge in [0.15, 0.2) is 5.01 Å². The van der Waals surface area contributed by atoms with Crippen LogP contribution in [0.3, 0.4) is 0 Å². The van der Waals surface area contributed by atoms with E-state index in [0.717, 1.165) is 34.3 Å². The molecule has 1 aliphatic rings. The summed E-state index contributed by atoms with van der Waals surface area (Å²) in [6.07, 6.45) is 9.24. The maximum absolute atomic E-state index is 13.7. The van der Waals surface area contributed by atoms with Crippen molar-refractivity contribution in [2.45, 2.75) is 6.42 Å². The van der Waals surface area contributed by atoms with Crippen LogP contribution >= 0.6 is 11.3 Å². The largest absolute Gasteiger partial charge is 0.335 e. The van der Waals surface area contributed by atoms with Crippen LogP contribution in [0, 0.1) is 5.92 Å². The average Bonchev–Trinajstić information content (AvgIpc) is 3.39. The summed E-state index contributed by atoms with van der Waals surface area (Å²) in [5.41, 5.74) is 2.82. The van der Waals surface area contributed by atoms with E-state index in [1.54, 1.807) is 17.2 Å². The van der Waals surface area contributed by atoms with Gasteiger partial charge in [-0.1, -0.05) is 12.1 Å². The Kier molecular flexibility index (Phi) is 6.06. The summed E-state index contributed by atoms with van der Waals surface area (Å²) >= 11 is 1.39. The predicted molar refractivity (Wildman–Crippen MR) is 118 cm³/mol. The van der Waals surface area contributed by atoms with Crippen molar-refractivity contribution < 1.29 is 9.18 Å². The molecule has 0 bridgehead atoms. The Morgan fingerprint density at radius 3 is 2.90 bits per heavy atom. The number of likely N-dealkylation sites (N-methyl/N-ethyl adjacent to an activating group) is 1. The average molecular weight is 426 g/mol. The van der Waals surface area contributed by atoms with Gasteiger partial charge in [0.2, 0.25) is 0 Å². The SMILES string of the molecule is CN(C)CCN(CC1C=C(F)C=CC1)C(=O)c1nc2ccc(-c3cn[nH]c3)cc2s1. The van der Waals surface area contributed by atoms with Gasteiger partial charge in [-0.25, -0.2) is 9.37 Å². The van der Waals surface area contributed by atoms with Crippen molar-refractivity contribution in [2.24, 2.45) is 5.92 Å². The molecule has 0 saturated carbocycles. The molecule has 156 valence electrons. The van der Waals surface area contributed by atoms with Gasteiger partial charge >= 0.3 is 0 Å². The molecule has 0 aliphatic heterocycles. The summed E-state index contributed by atoms with van der Waals surface area (Å²) in [5, 5.41) is 7.27. The number of fused-ring (bicyclic) bond motifs is 1. The maximum atomic E-state index is 13.7. The molecule has 1 atom stereocenters. The highest BCUT2D eigenvalue weighted by Crippen LogP contribution is 2.29. The third-order valence-electron chi connectivity index (χ3n) is 5.07. The van der Waals surface area contributed by atoms with Gasteiger partial charge < -0.3 is 9.80 Å². The lowest BCUT2D eigenvalue weighted by molar-refractivity contribution is 0.0726. The number of carbonyl (C=O) groups excluding carboxylic acids is 1. The van der Waals surface area contributed by atoms with Gasteiger partial charge in [0.25, 0.3) is 5.91 Å². The number of H-pyrrole nitrogens is 1. The number of hydrogen-bond acceptors (Lipinski definition) is 5. The number of amides is 1. The zero-order valence-corrected chi connectivity index (χ0v) is 17.8. The lowest BCUT2D eigenvalue weighted by atomic mass is 9.99. The Morgan fingerprint density at radius 2 is 2.17 bits per heavy atom. The standard InChI is InChI=1S/C22H24FN5OS/c1-27(2)8-9-28(14-15-4-3-5-18(23)10-15)22(29)21-26-19-7-6-16(11-20(19)30-21)17-12-24-25-13-17/h3,5-7,10-13,15H,4,8-9,14H2,1-2H3,(H,24,25). The summed E-state index contributed by atoms with van der Waals surface area (Å²) in [5.74, 6) is -0.368. The zero-order valence-electron chi connectivity index (χ0n) is 17.0. The molecule has 1 unspecified atom stereocenters. The molecule has 0 fully saturated rings. The second kappa shape index (κ2) is 8.89. The molecule has 2 heterocycles. The summed E-state index contributed by atoms with van der Waals surface area (Å²) in [6, 6.07) is 5.94. The van der Waals surface area contributed by atoms with Gasteiger partial charge in [-0.15, -0.1) is 11.3 Å². The van der Waals surface area contributed by atoms with E-state index < -0.39 is 0 Å². The van der Waals surface area contributed by atoms with E-state index in [1.807, 2.05) is 49.5 Å². The van der Waals surface area contributed by atoms with Crippen LogP contribution in [0.5, 0.6) is 0 Å². The second-order valence-corrected chi connectivity index (χ2v) is 8.72. The van der Waals surface area contributed by atoms with Crippen LogP contribution in [-0.4, -0.2) is 64.6 Å². The number of nitrogens with zero attached hydrogens (tertiary/aromatic N) is 4. The number of aromatic nitrogens is 3. The van der Waals surface area contributed by atoms with Crippen molar-refractivity contribution in [3.8, 4) is 11.1 Å². The predicted octanol–water partition coefficient (Wildman–Crippen LogP) is 4.12. The van der Waals surface area contributed by atoms with Gasteiger partial charge in [-0.3, -0.25) is 9.89 Å². The summed E-state index contributed by atoms with van der Waals surface area (Å²) in [6.45, 7) is 1.77. The van der Waals surface area contributed by atoms with Gasteiger partial charge in [-0.2, -0.15) is 5.10 Å². The molecular weight excluding hydrogens is 401 g/mol. The highest BCUT2D eigenvalue weighted by atomic mass is 32.1. The highest BCUT2D eigenvalue weighted by Gasteiger charge is 2.23. The van der Waals surface area contributed by atoms with Crippen molar-refractivity contribution in [3.05, 3.63) is 59.7 Å². The summed E-state index contributed by atoms with van der Waals surface area (Å²) < 4.78 is 14.6. The van der Waals surface area contributed by atoms with E-state index in [0.29, 0.717) is 18.1 Å². The Hall–Kier alpha value is -2.84. The van der Waals surface area contributed by atoms with E-state index in [1.165, 1.54) is 17.4 Å². The molecule has 4 rings (SSSR count). The maximum Gasteiger partial charge on any atom is 0.282 e. The zero-order chi connectivity index (χ0) is 21.1. The molecule has 0 saturated heterocycles. The number of rotatable bonds is 7. The third-order valence-corrected chi connectivity index (χ3v) is 6.08. The molecule has 3 aromatic rings. The van der Waals surface area contributed by atoms with E-state index >= 15 is 0 Å². The molecule has 30 heavy (non-hydrogen) atoms. The lowest BCUT2D eigenvalue weighted by Gasteiger charge is -2.27. The fourth-order valence-electron chi connectivity index (χ4n) is 3.45. The first-order valence-corrected chi connectivity index (χ1v) is 10.7. The fourth-order valence-corrected chi connectivity index (χ4v) is 4.42. The number of benzene rings is 1. The minimum atomic E-state index is -0.238. The van der Waals surface area contributed by atoms with Crippen molar-refractivity contribution >= 4 is 27.5 Å². The van der Waals surface area contributed by atoms with Crippen LogP contribution < -0.4 is 0 Å². The number of thiazole rings is 1. The number of nitrogens with one attached hydrogen (secondary N) is 1. The quantitative estimate of drug-likeness (QED) is 0.618. The van der Waals surface area contributed by atoms with Crippen molar-refractivity contribution in [1.82, 2.24) is 25.0 Å². The Balaban J connectivity index is 1.58. The van der Waals surface area contributed by atoms with E-state index in [4.69, 9.17) is 0 Å². The van der Waals surface area contributed by atoms with E-state index in [-0.39, 0.29) is 17.7 Å². The molecular formula is C22H24FN5OS.